The summed E-state index contributed by atoms with van der Waals surface area (Å²) in [4.78, 5) is 22.8. The van der Waals surface area contributed by atoms with Crippen molar-refractivity contribution in [2.24, 2.45) is 10.9 Å². The molecule has 1 atom stereocenters. The second-order valence-electron chi connectivity index (χ2n) is 6.92. The van der Waals surface area contributed by atoms with Gasteiger partial charge in [-0.15, -0.1) is 11.3 Å². The maximum atomic E-state index is 13.9. The third-order valence-corrected chi connectivity index (χ3v) is 6.42. The van der Waals surface area contributed by atoms with Crippen LogP contribution >= 0.6 is 11.3 Å². The van der Waals surface area contributed by atoms with E-state index in [4.69, 9.17) is 4.84 Å². The third kappa shape index (κ3) is 2.17. The molecule has 1 spiro atoms. The minimum absolute atomic E-state index is 0.162. The van der Waals surface area contributed by atoms with Crippen LogP contribution in [0.1, 0.15) is 24.1 Å². The second-order valence-corrected chi connectivity index (χ2v) is 8.12. The second kappa shape index (κ2) is 5.18. The molecule has 8 heteroatoms. The highest BCUT2D eigenvalue weighted by Gasteiger charge is 2.52. The summed E-state index contributed by atoms with van der Waals surface area (Å²) in [6.45, 7) is 5.05. The van der Waals surface area contributed by atoms with Crippen LogP contribution in [0.3, 0.4) is 0 Å². The van der Waals surface area contributed by atoms with Gasteiger partial charge in [-0.1, -0.05) is 0 Å². The highest BCUT2D eigenvalue weighted by molar-refractivity contribution is 7.18. The largest absolute Gasteiger partial charge is 0.300 e. The van der Waals surface area contributed by atoms with Gasteiger partial charge in [0.05, 0.1) is 5.39 Å². The van der Waals surface area contributed by atoms with E-state index in [0.29, 0.717) is 27.0 Å². The molecule has 1 unspecified atom stereocenters. The van der Waals surface area contributed by atoms with Crippen molar-refractivity contribution in [2.45, 2.75) is 31.8 Å². The molecular formula is C16H18FN5OS. The van der Waals surface area contributed by atoms with Gasteiger partial charge < -0.3 is 4.90 Å². The Balaban J connectivity index is 1.43. The maximum absolute atomic E-state index is 13.9. The number of amidine groups is 1. The highest BCUT2D eigenvalue weighted by Crippen LogP contribution is 2.42. The molecule has 2 aromatic rings. The quantitative estimate of drug-likeness (QED) is 0.859. The van der Waals surface area contributed by atoms with Gasteiger partial charge in [-0.25, -0.2) is 9.37 Å². The number of hydrogen-bond acceptors (Lipinski definition) is 6. The number of hydrogen-bond donors (Lipinski definition) is 1. The number of nitrogens with one attached hydrogen (secondary N) is 1. The molecule has 0 aromatic carbocycles. The molecule has 4 aliphatic rings. The fourth-order valence-electron chi connectivity index (χ4n) is 4.16. The molecule has 0 aliphatic carbocycles. The van der Waals surface area contributed by atoms with E-state index in [0.717, 1.165) is 18.8 Å². The van der Waals surface area contributed by atoms with Gasteiger partial charge in [0, 0.05) is 24.0 Å². The number of thiophene rings is 1. The number of fused-ring (bicyclic) bond motifs is 3. The first-order valence-corrected chi connectivity index (χ1v) is 9.10. The van der Waals surface area contributed by atoms with Crippen LogP contribution < -0.4 is 5.48 Å². The molecule has 0 amide bonds. The van der Waals surface area contributed by atoms with Gasteiger partial charge in [-0.2, -0.15) is 9.98 Å². The first-order chi connectivity index (χ1) is 11.6. The summed E-state index contributed by atoms with van der Waals surface area (Å²) < 4.78 is 13.9. The van der Waals surface area contributed by atoms with E-state index in [1.807, 2.05) is 0 Å². The first-order valence-electron chi connectivity index (χ1n) is 8.28. The van der Waals surface area contributed by atoms with Crippen molar-refractivity contribution in [1.29, 1.82) is 0 Å². The van der Waals surface area contributed by atoms with Crippen molar-refractivity contribution in [3.8, 4) is 0 Å². The zero-order chi connectivity index (χ0) is 16.3. The lowest BCUT2D eigenvalue weighted by atomic mass is 9.74. The van der Waals surface area contributed by atoms with Crippen molar-refractivity contribution in [3.05, 3.63) is 16.9 Å². The van der Waals surface area contributed by atoms with Gasteiger partial charge in [0.2, 0.25) is 0 Å². The van der Waals surface area contributed by atoms with Crippen molar-refractivity contribution >= 4 is 33.3 Å². The van der Waals surface area contributed by atoms with Gasteiger partial charge in [-0.3, -0.25) is 10.3 Å². The molecule has 24 heavy (non-hydrogen) atoms. The Morgan fingerprint density at radius 2 is 2.29 bits per heavy atom. The lowest BCUT2D eigenvalue weighted by Gasteiger charge is -2.49. The molecule has 6 heterocycles. The zero-order valence-corrected chi connectivity index (χ0v) is 14.2. The first kappa shape index (κ1) is 14.7. The molecule has 0 saturated carbocycles. The smallest absolute Gasteiger partial charge is 0.252 e. The highest BCUT2D eigenvalue weighted by atomic mass is 32.1. The molecule has 4 fully saturated rings. The minimum Gasteiger partial charge on any atom is -0.300 e. The Hall–Kier alpha value is -1.64. The van der Waals surface area contributed by atoms with Crippen LogP contribution in [0.2, 0.25) is 0 Å². The van der Waals surface area contributed by atoms with Crippen molar-refractivity contribution in [3.63, 3.8) is 0 Å². The maximum Gasteiger partial charge on any atom is 0.252 e. The average molecular weight is 347 g/mol. The predicted octanol–water partition coefficient (Wildman–Crippen LogP) is 2.56. The van der Waals surface area contributed by atoms with E-state index in [9.17, 15) is 4.39 Å². The molecule has 4 saturated heterocycles. The number of hydroxylamine groups is 1. The van der Waals surface area contributed by atoms with Gasteiger partial charge in [0.25, 0.3) is 5.95 Å². The summed E-state index contributed by atoms with van der Waals surface area (Å²) in [6, 6.07) is 0. The lowest BCUT2D eigenvalue weighted by molar-refractivity contribution is -0.150. The molecule has 6 rings (SSSR count). The van der Waals surface area contributed by atoms with E-state index in [1.165, 1.54) is 43.5 Å². The molecule has 2 bridgehead atoms. The van der Waals surface area contributed by atoms with Gasteiger partial charge in [0.15, 0.2) is 0 Å². The summed E-state index contributed by atoms with van der Waals surface area (Å²) >= 11 is 1.33. The standard InChI is InChI=1S/C16H18FN5OS/c1-9-13(17)11-7-18-15(20-14(11)24-9)19-12-6-16(23-21-12)8-22-4-2-10(16)3-5-22/h7,10H,2-6,8H2,1H3,(H,18,19,20,21). The number of aliphatic imine (C=N–C) groups is 1. The van der Waals surface area contributed by atoms with E-state index < -0.39 is 0 Å². The topological polar surface area (TPSA) is 62.6 Å². The van der Waals surface area contributed by atoms with Crippen molar-refractivity contribution in [1.82, 2.24) is 20.3 Å². The fourth-order valence-corrected chi connectivity index (χ4v) is 5.03. The summed E-state index contributed by atoms with van der Waals surface area (Å²) in [5, 5.41) is 0.464. The summed E-state index contributed by atoms with van der Waals surface area (Å²) in [5.74, 6) is 1.47. The predicted molar refractivity (Wildman–Crippen MR) is 89.9 cm³/mol. The van der Waals surface area contributed by atoms with Gasteiger partial charge in [0.1, 0.15) is 22.1 Å². The number of piperidine rings is 3. The molecule has 6 nitrogen and oxygen atoms in total. The average Bonchev–Trinajstić information content (AvgIpc) is 3.10. The van der Waals surface area contributed by atoms with Crippen molar-refractivity contribution < 1.29 is 9.23 Å². The molecule has 0 radical (unpaired) electrons. The Labute approximate surface area is 142 Å². The number of rotatable bonds is 1. The Morgan fingerprint density at radius 1 is 1.46 bits per heavy atom. The summed E-state index contributed by atoms with van der Waals surface area (Å²) in [5.41, 5.74) is 2.83. The number of aromatic nitrogens is 2. The van der Waals surface area contributed by atoms with E-state index in [-0.39, 0.29) is 11.4 Å². The zero-order valence-electron chi connectivity index (χ0n) is 13.4. The fraction of sp³-hybridized carbons (Fsp3) is 0.562. The van der Waals surface area contributed by atoms with E-state index in [1.54, 1.807) is 6.92 Å². The molecule has 126 valence electrons. The number of aryl methyl sites for hydroxylation is 1. The van der Waals surface area contributed by atoms with Crippen LogP contribution in [0, 0.1) is 18.7 Å². The number of halogens is 1. The molecule has 1 N–H and O–H groups in total. The van der Waals surface area contributed by atoms with Crippen LogP contribution in [0.25, 0.3) is 10.2 Å². The van der Waals surface area contributed by atoms with Crippen LogP contribution in [0.4, 0.5) is 10.3 Å². The monoisotopic (exact) mass is 347 g/mol. The summed E-state index contributed by atoms with van der Waals surface area (Å²) in [7, 11) is 0. The summed E-state index contributed by atoms with van der Waals surface area (Å²) in [6.07, 6.45) is 4.64. The van der Waals surface area contributed by atoms with Crippen LogP contribution in [-0.2, 0) is 4.84 Å². The van der Waals surface area contributed by atoms with Gasteiger partial charge in [-0.05, 0) is 38.8 Å². The van der Waals surface area contributed by atoms with E-state index >= 15 is 0 Å². The van der Waals surface area contributed by atoms with Crippen molar-refractivity contribution in [2.75, 3.05) is 19.6 Å². The lowest BCUT2D eigenvalue weighted by Crippen LogP contribution is -2.59. The Morgan fingerprint density at radius 3 is 3.04 bits per heavy atom. The van der Waals surface area contributed by atoms with E-state index in [2.05, 4.69) is 25.3 Å². The SMILES string of the molecule is Cc1sc2nc(/N=C3/CC4(CN5CCC4CC5)ON3)ncc2c1F. The van der Waals surface area contributed by atoms with Crippen LogP contribution in [0.5, 0.6) is 0 Å². The third-order valence-electron chi connectivity index (χ3n) is 5.43. The molecule has 4 aliphatic heterocycles. The van der Waals surface area contributed by atoms with Gasteiger partial charge >= 0.3 is 0 Å². The molecule has 2 aromatic heterocycles. The normalized spacial score (nSPS) is 33.7. The Bertz CT molecular complexity index is 844. The van der Waals surface area contributed by atoms with Crippen LogP contribution in [-0.4, -0.2) is 45.9 Å². The number of nitrogens with zero attached hydrogens (tertiary/aromatic N) is 4. The minimum atomic E-state index is -0.234. The van der Waals surface area contributed by atoms with Crippen LogP contribution in [0.15, 0.2) is 11.2 Å². The molecular weight excluding hydrogens is 329 g/mol. The Kier molecular flexibility index (Phi) is 3.17.